The molecule has 0 bridgehead atoms. The molecule has 5 heteroatoms. The molecule has 2 amide bonds. The summed E-state index contributed by atoms with van der Waals surface area (Å²) in [5, 5.41) is 4.83. The third kappa shape index (κ3) is 3.87. The van der Waals surface area contributed by atoms with E-state index in [0.717, 1.165) is 30.2 Å². The average molecular weight is 363 g/mol. The van der Waals surface area contributed by atoms with Gasteiger partial charge in [0.1, 0.15) is 5.69 Å². The van der Waals surface area contributed by atoms with E-state index in [1.54, 1.807) is 12.3 Å². The number of hydrogen-bond donors (Lipinski definition) is 1. The van der Waals surface area contributed by atoms with Crippen LogP contribution in [0.15, 0.2) is 48.3 Å². The molecule has 1 fully saturated rings. The van der Waals surface area contributed by atoms with Crippen LogP contribution >= 0.6 is 0 Å². The Hall–Kier alpha value is -2.69. The Kier molecular flexibility index (Phi) is 5.19. The third-order valence-corrected chi connectivity index (χ3v) is 5.56. The number of nitrogens with zero attached hydrogens (tertiary/aromatic N) is 2. The maximum atomic E-state index is 12.7. The van der Waals surface area contributed by atoms with E-state index in [9.17, 15) is 9.59 Å². The fourth-order valence-electron chi connectivity index (χ4n) is 4.16. The number of allylic oxidation sites excluding steroid dienone is 2. The van der Waals surface area contributed by atoms with E-state index >= 15 is 0 Å². The largest absolute Gasteiger partial charge is 0.350 e. The van der Waals surface area contributed by atoms with Gasteiger partial charge in [-0.1, -0.05) is 30.3 Å². The van der Waals surface area contributed by atoms with E-state index in [4.69, 9.17) is 0 Å². The molecule has 4 rings (SSSR count). The number of benzene rings is 1. The summed E-state index contributed by atoms with van der Waals surface area (Å²) in [7, 11) is 0. The number of carbonyl (C=O) groups is 2. The predicted octanol–water partition coefficient (Wildman–Crippen LogP) is 3.66. The van der Waals surface area contributed by atoms with Crippen LogP contribution in [0.25, 0.3) is 10.8 Å². The van der Waals surface area contributed by atoms with Crippen LogP contribution in [0.5, 0.6) is 0 Å². The van der Waals surface area contributed by atoms with Gasteiger partial charge in [0, 0.05) is 36.8 Å². The first-order chi connectivity index (χ1) is 13.2. The highest BCUT2D eigenvalue weighted by molar-refractivity contribution is 5.96. The lowest BCUT2D eigenvalue weighted by Gasteiger charge is -2.38. The maximum absolute atomic E-state index is 12.7. The molecule has 27 heavy (non-hydrogen) atoms. The van der Waals surface area contributed by atoms with E-state index in [0.29, 0.717) is 24.6 Å². The van der Waals surface area contributed by atoms with E-state index < -0.39 is 0 Å². The summed E-state index contributed by atoms with van der Waals surface area (Å²) in [5.74, 6) is 0.425. The van der Waals surface area contributed by atoms with Crippen LogP contribution in [0.1, 0.15) is 49.0 Å². The Morgan fingerprint density at radius 1 is 1.15 bits per heavy atom. The molecule has 1 aromatic carbocycles. The summed E-state index contributed by atoms with van der Waals surface area (Å²) in [5.41, 5.74) is 1.61. The van der Waals surface area contributed by atoms with Crippen molar-refractivity contribution < 1.29 is 9.59 Å². The molecule has 5 nitrogen and oxygen atoms in total. The first-order valence-corrected chi connectivity index (χ1v) is 9.86. The van der Waals surface area contributed by atoms with Crippen LogP contribution in [-0.4, -0.2) is 34.8 Å². The standard InChI is InChI=1S/C22H25N3O2/c26-21(25-13-5-9-16-6-3-4-10-20(16)25)11-12-23-22(27)19-14-17-7-1-2-8-18(17)15-24-19/h1-2,7-8,10,14-16H,3-6,9,11-13H2,(H,23,27). The van der Waals surface area contributed by atoms with Gasteiger partial charge < -0.3 is 10.2 Å². The van der Waals surface area contributed by atoms with Crippen LogP contribution in [0.2, 0.25) is 0 Å². The molecule has 140 valence electrons. The number of pyridine rings is 1. The fraction of sp³-hybridized carbons (Fsp3) is 0.409. The first-order valence-electron chi connectivity index (χ1n) is 9.86. The van der Waals surface area contributed by atoms with Crippen LogP contribution in [0.3, 0.4) is 0 Å². The van der Waals surface area contributed by atoms with Crippen LogP contribution in [0.4, 0.5) is 0 Å². The Morgan fingerprint density at radius 3 is 2.85 bits per heavy atom. The smallest absolute Gasteiger partial charge is 0.269 e. The zero-order valence-electron chi connectivity index (χ0n) is 15.5. The Morgan fingerprint density at radius 2 is 1.96 bits per heavy atom. The molecule has 1 aromatic heterocycles. The first kappa shape index (κ1) is 17.7. The third-order valence-electron chi connectivity index (χ3n) is 5.56. The minimum Gasteiger partial charge on any atom is -0.350 e. The van der Waals surface area contributed by atoms with Gasteiger partial charge in [-0.15, -0.1) is 0 Å². The second-order valence-electron chi connectivity index (χ2n) is 7.37. The molecule has 2 aliphatic rings. The van der Waals surface area contributed by atoms with Crippen molar-refractivity contribution in [1.29, 1.82) is 0 Å². The second-order valence-corrected chi connectivity index (χ2v) is 7.37. The SMILES string of the molecule is O=C(NCCC(=O)N1CCCC2CCCC=C21)c1cc2ccccc2cn1. The maximum Gasteiger partial charge on any atom is 0.269 e. The number of likely N-dealkylation sites (tertiary alicyclic amines) is 1. The van der Waals surface area contributed by atoms with Gasteiger partial charge in [0.05, 0.1) is 0 Å². The summed E-state index contributed by atoms with van der Waals surface area (Å²) in [6, 6.07) is 9.60. The van der Waals surface area contributed by atoms with Crippen LogP contribution in [0, 0.1) is 5.92 Å². The van der Waals surface area contributed by atoms with Crippen LogP contribution in [-0.2, 0) is 4.79 Å². The van der Waals surface area contributed by atoms with Crippen molar-refractivity contribution in [3.05, 3.63) is 54.0 Å². The summed E-state index contributed by atoms with van der Waals surface area (Å²) in [6.07, 6.45) is 10.0. The minimum atomic E-state index is -0.234. The van der Waals surface area contributed by atoms with E-state index in [2.05, 4.69) is 16.4 Å². The lowest BCUT2D eigenvalue weighted by Crippen LogP contribution is -2.40. The summed E-state index contributed by atoms with van der Waals surface area (Å²) < 4.78 is 0. The lowest BCUT2D eigenvalue weighted by atomic mass is 9.85. The number of piperidine rings is 1. The van der Waals surface area contributed by atoms with E-state index in [1.165, 1.54) is 25.0 Å². The summed E-state index contributed by atoms with van der Waals surface area (Å²) in [6.45, 7) is 1.14. The average Bonchev–Trinajstić information content (AvgIpc) is 2.72. The number of hydrogen-bond acceptors (Lipinski definition) is 3. The van der Waals surface area contributed by atoms with Crippen molar-refractivity contribution in [2.24, 2.45) is 5.92 Å². The van der Waals surface area contributed by atoms with Gasteiger partial charge in [0.25, 0.3) is 5.91 Å². The molecular formula is C22H25N3O2. The zero-order valence-corrected chi connectivity index (χ0v) is 15.5. The van der Waals surface area contributed by atoms with Gasteiger partial charge in [0.2, 0.25) is 5.91 Å². The Bertz CT molecular complexity index is 890. The number of nitrogens with one attached hydrogen (secondary N) is 1. The van der Waals surface area contributed by atoms with Gasteiger partial charge in [0.15, 0.2) is 0 Å². The molecule has 1 N–H and O–H groups in total. The van der Waals surface area contributed by atoms with Gasteiger partial charge in [-0.05, 0) is 49.5 Å². The van der Waals surface area contributed by atoms with Gasteiger partial charge in [-0.2, -0.15) is 0 Å². The predicted molar refractivity (Wildman–Crippen MR) is 105 cm³/mol. The summed E-state index contributed by atoms with van der Waals surface area (Å²) >= 11 is 0. The highest BCUT2D eigenvalue weighted by Crippen LogP contribution is 2.35. The highest BCUT2D eigenvalue weighted by Gasteiger charge is 2.29. The number of aromatic nitrogens is 1. The number of carbonyl (C=O) groups excluding carboxylic acids is 2. The summed E-state index contributed by atoms with van der Waals surface area (Å²) in [4.78, 5) is 31.2. The fourth-order valence-corrected chi connectivity index (χ4v) is 4.16. The molecule has 0 spiro atoms. The molecule has 2 aromatic rings. The molecule has 1 aliphatic carbocycles. The number of rotatable bonds is 4. The molecule has 1 aliphatic heterocycles. The minimum absolute atomic E-state index is 0.111. The highest BCUT2D eigenvalue weighted by atomic mass is 16.2. The molecule has 1 unspecified atom stereocenters. The zero-order chi connectivity index (χ0) is 18.6. The molecule has 0 radical (unpaired) electrons. The molecule has 1 saturated heterocycles. The van der Waals surface area contributed by atoms with Crippen LogP contribution < -0.4 is 5.32 Å². The number of fused-ring (bicyclic) bond motifs is 2. The second kappa shape index (κ2) is 7.91. The van der Waals surface area contributed by atoms with Crippen molar-refractivity contribution in [2.45, 2.75) is 38.5 Å². The van der Waals surface area contributed by atoms with Crippen molar-refractivity contribution in [1.82, 2.24) is 15.2 Å². The Labute approximate surface area is 159 Å². The quantitative estimate of drug-likeness (QED) is 0.902. The van der Waals surface area contributed by atoms with Gasteiger partial charge >= 0.3 is 0 Å². The van der Waals surface area contributed by atoms with E-state index in [1.807, 2.05) is 29.2 Å². The Balaban J connectivity index is 1.33. The van der Waals surface area contributed by atoms with Crippen molar-refractivity contribution >= 4 is 22.6 Å². The van der Waals surface area contributed by atoms with Crippen molar-refractivity contribution in [2.75, 3.05) is 13.1 Å². The molecule has 2 heterocycles. The van der Waals surface area contributed by atoms with E-state index in [-0.39, 0.29) is 11.8 Å². The molecule has 0 saturated carbocycles. The molecular weight excluding hydrogens is 338 g/mol. The normalized spacial score (nSPS) is 19.3. The topological polar surface area (TPSA) is 62.3 Å². The van der Waals surface area contributed by atoms with Gasteiger partial charge in [-0.25, -0.2) is 0 Å². The lowest BCUT2D eigenvalue weighted by molar-refractivity contribution is -0.130. The number of amides is 2. The molecule has 1 atom stereocenters. The van der Waals surface area contributed by atoms with Gasteiger partial charge in [-0.3, -0.25) is 14.6 Å². The van der Waals surface area contributed by atoms with Crippen molar-refractivity contribution in [3.8, 4) is 0 Å². The van der Waals surface area contributed by atoms with Crippen molar-refractivity contribution in [3.63, 3.8) is 0 Å². The monoisotopic (exact) mass is 363 g/mol.